The minimum atomic E-state index is -0.884. The summed E-state index contributed by atoms with van der Waals surface area (Å²) in [6.07, 6.45) is -1.68. The van der Waals surface area contributed by atoms with Crippen molar-refractivity contribution in [3.8, 4) is 5.75 Å². The van der Waals surface area contributed by atoms with Gasteiger partial charge in [-0.15, -0.1) is 0 Å². The molecular formula is C9H12O3. The summed E-state index contributed by atoms with van der Waals surface area (Å²) in [7, 11) is 0. The Morgan fingerprint density at radius 3 is 2.00 bits per heavy atom. The molecule has 66 valence electrons. The highest BCUT2D eigenvalue weighted by atomic mass is 16.3. The molecule has 1 rings (SSSR count). The normalized spacial score (nSPS) is 15.6. The van der Waals surface area contributed by atoms with Crippen LogP contribution in [0.15, 0.2) is 24.3 Å². The lowest BCUT2D eigenvalue weighted by Crippen LogP contribution is -2.13. The molecule has 1 aromatic rings. The Balaban J connectivity index is 2.82. The van der Waals surface area contributed by atoms with Crippen LogP contribution in [0.25, 0.3) is 0 Å². The molecule has 0 radical (unpaired) electrons. The van der Waals surface area contributed by atoms with Gasteiger partial charge in [-0.05, 0) is 24.6 Å². The van der Waals surface area contributed by atoms with E-state index in [-0.39, 0.29) is 5.75 Å². The summed E-state index contributed by atoms with van der Waals surface area (Å²) in [5.74, 6) is 0.150. The SMILES string of the molecule is C[C@H](O)C(O)c1ccc(O)cc1. The van der Waals surface area contributed by atoms with Crippen LogP contribution >= 0.6 is 0 Å². The number of hydrogen-bond donors (Lipinski definition) is 3. The van der Waals surface area contributed by atoms with E-state index < -0.39 is 12.2 Å². The third-order valence-corrected chi connectivity index (χ3v) is 1.69. The van der Waals surface area contributed by atoms with Gasteiger partial charge in [0.25, 0.3) is 0 Å². The second-order valence-electron chi connectivity index (χ2n) is 2.78. The number of phenolic OH excluding ortho intramolecular Hbond substituents is 1. The molecule has 0 aromatic heterocycles. The van der Waals surface area contributed by atoms with Gasteiger partial charge >= 0.3 is 0 Å². The first kappa shape index (κ1) is 9.03. The maximum absolute atomic E-state index is 9.36. The molecule has 0 aliphatic heterocycles. The van der Waals surface area contributed by atoms with Gasteiger partial charge in [0.1, 0.15) is 11.9 Å². The molecule has 0 amide bonds. The summed E-state index contributed by atoms with van der Waals surface area (Å²) < 4.78 is 0. The van der Waals surface area contributed by atoms with E-state index in [4.69, 9.17) is 10.2 Å². The third-order valence-electron chi connectivity index (χ3n) is 1.69. The highest BCUT2D eigenvalue weighted by Gasteiger charge is 2.12. The summed E-state index contributed by atoms with van der Waals surface area (Å²) in [6, 6.07) is 6.10. The molecule has 3 N–H and O–H groups in total. The second kappa shape index (κ2) is 3.56. The molecule has 0 heterocycles. The average molecular weight is 168 g/mol. The Labute approximate surface area is 70.9 Å². The molecule has 0 saturated carbocycles. The number of hydrogen-bond acceptors (Lipinski definition) is 3. The predicted octanol–water partition coefficient (Wildman–Crippen LogP) is 0.806. The van der Waals surface area contributed by atoms with Gasteiger partial charge in [-0.1, -0.05) is 12.1 Å². The molecule has 3 nitrogen and oxygen atoms in total. The van der Waals surface area contributed by atoms with Gasteiger partial charge in [-0.2, -0.15) is 0 Å². The van der Waals surface area contributed by atoms with Crippen LogP contribution in [-0.4, -0.2) is 21.4 Å². The van der Waals surface area contributed by atoms with E-state index in [1.807, 2.05) is 0 Å². The second-order valence-corrected chi connectivity index (χ2v) is 2.78. The van der Waals surface area contributed by atoms with Crippen molar-refractivity contribution in [2.45, 2.75) is 19.1 Å². The molecule has 2 atom stereocenters. The predicted molar refractivity (Wildman–Crippen MR) is 44.7 cm³/mol. The lowest BCUT2D eigenvalue weighted by atomic mass is 10.1. The Hall–Kier alpha value is -1.06. The van der Waals surface area contributed by atoms with Crippen molar-refractivity contribution < 1.29 is 15.3 Å². The fourth-order valence-electron chi connectivity index (χ4n) is 0.950. The molecule has 0 spiro atoms. The minimum absolute atomic E-state index is 0.150. The number of aliphatic hydroxyl groups is 2. The first-order valence-electron chi connectivity index (χ1n) is 3.76. The molecule has 12 heavy (non-hydrogen) atoms. The van der Waals surface area contributed by atoms with Crippen LogP contribution in [0.3, 0.4) is 0 Å². The van der Waals surface area contributed by atoms with E-state index in [0.29, 0.717) is 5.56 Å². The Kier molecular flexibility index (Phi) is 2.68. The first-order chi connectivity index (χ1) is 5.61. The van der Waals surface area contributed by atoms with E-state index in [9.17, 15) is 5.11 Å². The molecule has 0 aliphatic rings. The largest absolute Gasteiger partial charge is 0.508 e. The topological polar surface area (TPSA) is 60.7 Å². The van der Waals surface area contributed by atoms with Crippen molar-refractivity contribution >= 4 is 0 Å². The van der Waals surface area contributed by atoms with Crippen molar-refractivity contribution in [3.05, 3.63) is 29.8 Å². The smallest absolute Gasteiger partial charge is 0.115 e. The Bertz CT molecular complexity index is 240. The lowest BCUT2D eigenvalue weighted by Gasteiger charge is -2.13. The summed E-state index contributed by atoms with van der Waals surface area (Å²) in [4.78, 5) is 0. The van der Waals surface area contributed by atoms with Crippen molar-refractivity contribution in [2.75, 3.05) is 0 Å². The highest BCUT2D eigenvalue weighted by Crippen LogP contribution is 2.18. The van der Waals surface area contributed by atoms with E-state index in [2.05, 4.69) is 0 Å². The Morgan fingerprint density at radius 1 is 1.08 bits per heavy atom. The summed E-state index contributed by atoms with van der Waals surface area (Å²) in [5.41, 5.74) is 0.600. The fraction of sp³-hybridized carbons (Fsp3) is 0.333. The first-order valence-corrected chi connectivity index (χ1v) is 3.76. The number of phenols is 1. The van der Waals surface area contributed by atoms with Crippen molar-refractivity contribution in [1.29, 1.82) is 0 Å². The zero-order chi connectivity index (χ0) is 9.14. The van der Waals surface area contributed by atoms with Gasteiger partial charge < -0.3 is 15.3 Å². The third kappa shape index (κ3) is 1.96. The quantitative estimate of drug-likeness (QED) is 0.612. The van der Waals surface area contributed by atoms with E-state index in [0.717, 1.165) is 0 Å². The van der Waals surface area contributed by atoms with Crippen LogP contribution in [0.4, 0.5) is 0 Å². The molecule has 1 aromatic carbocycles. The lowest BCUT2D eigenvalue weighted by molar-refractivity contribution is 0.0305. The summed E-state index contributed by atoms with van der Waals surface area (Å²) in [6.45, 7) is 1.51. The number of rotatable bonds is 2. The van der Waals surface area contributed by atoms with Crippen LogP contribution in [0.5, 0.6) is 5.75 Å². The van der Waals surface area contributed by atoms with Gasteiger partial charge in [-0.25, -0.2) is 0 Å². The van der Waals surface area contributed by atoms with Crippen molar-refractivity contribution in [3.63, 3.8) is 0 Å². The maximum atomic E-state index is 9.36. The van der Waals surface area contributed by atoms with Crippen LogP contribution in [0, 0.1) is 0 Å². The van der Waals surface area contributed by atoms with E-state index >= 15 is 0 Å². The van der Waals surface area contributed by atoms with Gasteiger partial charge in [0.15, 0.2) is 0 Å². The monoisotopic (exact) mass is 168 g/mol. The average Bonchev–Trinajstić information content (AvgIpc) is 2.04. The molecule has 3 heteroatoms. The van der Waals surface area contributed by atoms with Crippen molar-refractivity contribution in [2.24, 2.45) is 0 Å². The van der Waals surface area contributed by atoms with Crippen molar-refractivity contribution in [1.82, 2.24) is 0 Å². The molecular weight excluding hydrogens is 156 g/mol. The van der Waals surface area contributed by atoms with Crippen LogP contribution in [0.1, 0.15) is 18.6 Å². The van der Waals surface area contributed by atoms with Gasteiger partial charge in [-0.3, -0.25) is 0 Å². The number of benzene rings is 1. The summed E-state index contributed by atoms with van der Waals surface area (Å²) in [5, 5.41) is 27.3. The van der Waals surface area contributed by atoms with Crippen LogP contribution < -0.4 is 0 Å². The highest BCUT2D eigenvalue weighted by molar-refractivity contribution is 5.27. The van der Waals surface area contributed by atoms with Gasteiger partial charge in [0, 0.05) is 0 Å². The zero-order valence-corrected chi connectivity index (χ0v) is 6.81. The summed E-state index contributed by atoms with van der Waals surface area (Å²) >= 11 is 0. The number of aliphatic hydroxyl groups excluding tert-OH is 2. The maximum Gasteiger partial charge on any atom is 0.115 e. The zero-order valence-electron chi connectivity index (χ0n) is 6.81. The van der Waals surface area contributed by atoms with Gasteiger partial charge in [0.2, 0.25) is 0 Å². The molecule has 0 bridgehead atoms. The van der Waals surface area contributed by atoms with E-state index in [1.165, 1.54) is 19.1 Å². The van der Waals surface area contributed by atoms with Crippen LogP contribution in [0.2, 0.25) is 0 Å². The molecule has 1 unspecified atom stereocenters. The fourth-order valence-corrected chi connectivity index (χ4v) is 0.950. The minimum Gasteiger partial charge on any atom is -0.508 e. The molecule has 0 fully saturated rings. The van der Waals surface area contributed by atoms with E-state index in [1.54, 1.807) is 12.1 Å². The molecule has 0 aliphatic carbocycles. The van der Waals surface area contributed by atoms with Crippen LogP contribution in [-0.2, 0) is 0 Å². The Morgan fingerprint density at radius 2 is 1.58 bits per heavy atom. The number of aromatic hydroxyl groups is 1. The van der Waals surface area contributed by atoms with Gasteiger partial charge in [0.05, 0.1) is 6.10 Å². The standard InChI is InChI=1S/C9H12O3/c1-6(10)9(12)7-2-4-8(11)5-3-7/h2-6,9-12H,1H3/t6-,9?/m0/s1. The molecule has 0 saturated heterocycles.